The molecule has 1 aromatic carbocycles. The zero-order valence-corrected chi connectivity index (χ0v) is 11.4. The van der Waals surface area contributed by atoms with Gasteiger partial charge in [-0.25, -0.2) is 26.7 Å². The lowest BCUT2D eigenvalue weighted by Gasteiger charge is -2.09. The molecule has 0 aliphatic heterocycles. The van der Waals surface area contributed by atoms with Crippen LogP contribution in [0.5, 0.6) is 0 Å². The summed E-state index contributed by atoms with van der Waals surface area (Å²) in [7, 11) is -3.29. The molecule has 0 bridgehead atoms. The quantitative estimate of drug-likeness (QED) is 0.654. The van der Waals surface area contributed by atoms with E-state index >= 15 is 0 Å². The van der Waals surface area contributed by atoms with Gasteiger partial charge in [0.15, 0.2) is 0 Å². The first-order valence-electron chi connectivity index (χ1n) is 5.61. The van der Waals surface area contributed by atoms with Crippen LogP contribution >= 0.6 is 0 Å². The summed E-state index contributed by atoms with van der Waals surface area (Å²) in [6.45, 7) is 0.255. The van der Waals surface area contributed by atoms with Gasteiger partial charge >= 0.3 is 5.97 Å². The minimum absolute atomic E-state index is 0.127. The Morgan fingerprint density at radius 2 is 1.80 bits per heavy atom. The molecule has 20 heavy (non-hydrogen) atoms. The normalized spacial score (nSPS) is 11.3. The van der Waals surface area contributed by atoms with Gasteiger partial charge in [-0.05, 0) is 18.6 Å². The minimum atomic E-state index is -3.29. The maximum absolute atomic E-state index is 13.5. The first-order chi connectivity index (χ1) is 9.20. The molecule has 3 N–H and O–H groups in total. The van der Waals surface area contributed by atoms with Crippen LogP contribution in [-0.2, 0) is 10.0 Å². The van der Waals surface area contributed by atoms with E-state index in [1.807, 2.05) is 0 Å². The molecule has 0 saturated heterocycles. The molecule has 0 atom stereocenters. The van der Waals surface area contributed by atoms with Crippen LogP contribution in [-0.4, -0.2) is 38.8 Å². The average molecular weight is 308 g/mol. The predicted molar refractivity (Wildman–Crippen MR) is 69.3 cm³/mol. The molecule has 1 aromatic rings. The standard InChI is InChI=1S/C11H14F2N2O4S/c1-20(18,19)15-4-2-3-14-10-8(12)5-7(11(16)17)6-9(10)13/h5-6,14-15H,2-4H2,1H3,(H,16,17). The van der Waals surface area contributed by atoms with E-state index in [0.29, 0.717) is 18.6 Å². The fourth-order valence-electron chi connectivity index (χ4n) is 1.42. The lowest BCUT2D eigenvalue weighted by atomic mass is 10.2. The summed E-state index contributed by atoms with van der Waals surface area (Å²) in [5.41, 5.74) is -0.918. The number of rotatable bonds is 7. The number of anilines is 1. The number of carbonyl (C=O) groups is 1. The van der Waals surface area contributed by atoms with Gasteiger partial charge in [0, 0.05) is 13.1 Å². The molecule has 0 heterocycles. The Bertz CT molecular complexity index is 581. The first-order valence-corrected chi connectivity index (χ1v) is 7.50. The second-order valence-electron chi connectivity index (χ2n) is 4.07. The van der Waals surface area contributed by atoms with Crippen LogP contribution in [0, 0.1) is 11.6 Å². The SMILES string of the molecule is CS(=O)(=O)NCCCNc1c(F)cc(C(=O)O)cc1F. The van der Waals surface area contributed by atoms with Crippen LogP contribution in [0.1, 0.15) is 16.8 Å². The largest absolute Gasteiger partial charge is 0.478 e. The lowest BCUT2D eigenvalue weighted by Crippen LogP contribution is -2.24. The van der Waals surface area contributed by atoms with Crippen molar-refractivity contribution in [1.82, 2.24) is 4.72 Å². The van der Waals surface area contributed by atoms with Crippen LogP contribution in [0.3, 0.4) is 0 Å². The summed E-state index contributed by atoms with van der Waals surface area (Å²) in [5, 5.41) is 11.1. The van der Waals surface area contributed by atoms with Crippen molar-refractivity contribution in [3.8, 4) is 0 Å². The van der Waals surface area contributed by atoms with Crippen molar-refractivity contribution >= 4 is 21.7 Å². The summed E-state index contributed by atoms with van der Waals surface area (Å²) < 4.78 is 50.7. The molecular weight excluding hydrogens is 294 g/mol. The molecule has 0 aromatic heterocycles. The molecule has 112 valence electrons. The Balaban J connectivity index is 2.59. The van der Waals surface area contributed by atoms with Gasteiger partial charge in [-0.3, -0.25) is 0 Å². The zero-order valence-electron chi connectivity index (χ0n) is 10.6. The molecule has 0 saturated carbocycles. The summed E-state index contributed by atoms with van der Waals surface area (Å²) in [6.07, 6.45) is 1.32. The fourth-order valence-corrected chi connectivity index (χ4v) is 1.94. The van der Waals surface area contributed by atoms with E-state index in [1.165, 1.54) is 0 Å². The van der Waals surface area contributed by atoms with E-state index in [2.05, 4.69) is 10.0 Å². The molecule has 0 fully saturated rings. The van der Waals surface area contributed by atoms with Crippen molar-refractivity contribution in [2.45, 2.75) is 6.42 Å². The van der Waals surface area contributed by atoms with Crippen LogP contribution in [0.4, 0.5) is 14.5 Å². The van der Waals surface area contributed by atoms with Crippen molar-refractivity contribution in [2.24, 2.45) is 0 Å². The number of carboxylic acids is 1. The summed E-state index contributed by atoms with van der Waals surface area (Å²) in [4.78, 5) is 10.6. The molecule has 0 amide bonds. The highest BCUT2D eigenvalue weighted by atomic mass is 32.2. The van der Waals surface area contributed by atoms with Crippen LogP contribution in [0.15, 0.2) is 12.1 Å². The van der Waals surface area contributed by atoms with Crippen LogP contribution in [0.25, 0.3) is 0 Å². The Kier molecular flexibility index (Phi) is 5.40. The second kappa shape index (κ2) is 6.62. The Morgan fingerprint density at radius 3 is 2.25 bits per heavy atom. The highest BCUT2D eigenvalue weighted by Gasteiger charge is 2.14. The maximum atomic E-state index is 13.5. The molecule has 0 aliphatic rings. The summed E-state index contributed by atoms with van der Waals surface area (Å²) in [5.74, 6) is -3.45. The van der Waals surface area contributed by atoms with Crippen LogP contribution < -0.4 is 10.0 Å². The number of hydrogen-bond acceptors (Lipinski definition) is 4. The van der Waals surface area contributed by atoms with Crippen molar-refractivity contribution in [3.05, 3.63) is 29.3 Å². The van der Waals surface area contributed by atoms with E-state index in [4.69, 9.17) is 5.11 Å². The smallest absolute Gasteiger partial charge is 0.335 e. The van der Waals surface area contributed by atoms with Gasteiger partial charge in [0.1, 0.15) is 17.3 Å². The third-order valence-electron chi connectivity index (χ3n) is 2.31. The summed E-state index contributed by atoms with van der Waals surface area (Å²) in [6, 6.07) is 1.42. The average Bonchev–Trinajstić information content (AvgIpc) is 2.29. The Morgan fingerprint density at radius 1 is 1.25 bits per heavy atom. The number of nitrogens with one attached hydrogen (secondary N) is 2. The molecule has 0 aliphatic carbocycles. The maximum Gasteiger partial charge on any atom is 0.335 e. The first kappa shape index (κ1) is 16.3. The molecular formula is C11H14F2N2O4S. The van der Waals surface area contributed by atoms with E-state index in [0.717, 1.165) is 6.26 Å². The van der Waals surface area contributed by atoms with E-state index in [-0.39, 0.29) is 13.1 Å². The molecule has 0 radical (unpaired) electrons. The van der Waals surface area contributed by atoms with Crippen molar-refractivity contribution in [3.63, 3.8) is 0 Å². The van der Waals surface area contributed by atoms with Gasteiger partial charge < -0.3 is 10.4 Å². The number of carboxylic acid groups (broad SMARTS) is 1. The second-order valence-corrected chi connectivity index (χ2v) is 5.90. The van der Waals surface area contributed by atoms with E-state index in [9.17, 15) is 22.0 Å². The topological polar surface area (TPSA) is 95.5 Å². The van der Waals surface area contributed by atoms with Crippen molar-refractivity contribution < 1.29 is 27.1 Å². The van der Waals surface area contributed by atoms with Gasteiger partial charge in [0.2, 0.25) is 10.0 Å². The molecule has 1 rings (SSSR count). The van der Waals surface area contributed by atoms with Gasteiger partial charge in [0.05, 0.1) is 11.8 Å². The number of hydrogen-bond donors (Lipinski definition) is 3. The third kappa shape index (κ3) is 5.10. The van der Waals surface area contributed by atoms with Gasteiger partial charge in [0.25, 0.3) is 0 Å². The monoisotopic (exact) mass is 308 g/mol. The molecule has 9 heteroatoms. The van der Waals surface area contributed by atoms with Gasteiger partial charge in [-0.2, -0.15) is 0 Å². The van der Waals surface area contributed by atoms with Crippen molar-refractivity contribution in [2.75, 3.05) is 24.7 Å². The fraction of sp³-hybridized carbons (Fsp3) is 0.364. The number of halogens is 2. The highest BCUT2D eigenvalue weighted by Crippen LogP contribution is 2.20. The summed E-state index contributed by atoms with van der Waals surface area (Å²) >= 11 is 0. The number of benzene rings is 1. The van der Waals surface area contributed by atoms with E-state index < -0.39 is 38.9 Å². The van der Waals surface area contributed by atoms with E-state index in [1.54, 1.807) is 0 Å². The Hall–Kier alpha value is -1.74. The minimum Gasteiger partial charge on any atom is -0.478 e. The molecule has 6 nitrogen and oxygen atoms in total. The zero-order chi connectivity index (χ0) is 15.3. The Labute approximate surface area is 114 Å². The predicted octanol–water partition coefficient (Wildman–Crippen LogP) is 1.01. The third-order valence-corrected chi connectivity index (χ3v) is 3.04. The molecule has 0 unspecified atom stereocenters. The molecule has 0 spiro atoms. The van der Waals surface area contributed by atoms with Gasteiger partial charge in [-0.15, -0.1) is 0 Å². The highest BCUT2D eigenvalue weighted by molar-refractivity contribution is 7.88. The van der Waals surface area contributed by atoms with Gasteiger partial charge in [-0.1, -0.05) is 0 Å². The number of aromatic carboxylic acids is 1. The number of sulfonamides is 1. The van der Waals surface area contributed by atoms with Crippen molar-refractivity contribution in [1.29, 1.82) is 0 Å². The van der Waals surface area contributed by atoms with Crippen LogP contribution in [0.2, 0.25) is 0 Å². The lowest BCUT2D eigenvalue weighted by molar-refractivity contribution is 0.0695.